The van der Waals surface area contributed by atoms with E-state index in [1.165, 1.54) is 27.4 Å². The van der Waals surface area contributed by atoms with Gasteiger partial charge < -0.3 is 29.4 Å². The number of hydrogen-bond acceptors (Lipinski definition) is 8. The normalized spacial score (nSPS) is 16.6. The van der Waals surface area contributed by atoms with Gasteiger partial charge in [0.05, 0.1) is 18.9 Å². The summed E-state index contributed by atoms with van der Waals surface area (Å²) < 4.78 is 49.0. The number of ether oxygens (including phenoxy) is 3. The van der Waals surface area contributed by atoms with Gasteiger partial charge in [-0.05, 0) is 47.4 Å². The third-order valence-electron chi connectivity index (χ3n) is 8.34. The predicted octanol–water partition coefficient (Wildman–Crippen LogP) is 4.99. The number of nitrogens with zero attached hydrogens (tertiary/aromatic N) is 3. The van der Waals surface area contributed by atoms with Crippen molar-refractivity contribution in [2.24, 2.45) is 0 Å². The van der Waals surface area contributed by atoms with Crippen molar-refractivity contribution in [1.29, 1.82) is 0 Å². The molecule has 3 aliphatic rings. The largest absolute Gasteiger partial charge is 0.482 e. The number of aromatic nitrogens is 1. The Labute approximate surface area is 272 Å². The van der Waals surface area contributed by atoms with Crippen molar-refractivity contribution in [1.82, 2.24) is 14.5 Å². The average molecular weight is 661 g/mol. The lowest BCUT2D eigenvalue weighted by molar-refractivity contribution is -0.00312. The molecular formula is C34H30F2N4O6S. The van der Waals surface area contributed by atoms with Crippen LogP contribution in [0.4, 0.5) is 13.6 Å². The molecule has 7 rings (SSSR count). The molecule has 13 heteroatoms. The summed E-state index contributed by atoms with van der Waals surface area (Å²) in [7, 11) is 3.15. The predicted molar refractivity (Wildman–Crippen MR) is 170 cm³/mol. The second kappa shape index (κ2) is 12.4. The maximum absolute atomic E-state index is 15.3. The Kier molecular flexibility index (Phi) is 8.10. The molecule has 47 heavy (non-hydrogen) atoms. The minimum Gasteiger partial charge on any atom is -0.482 e. The fraction of sp³-hybridized carbons (Fsp3) is 0.265. The van der Waals surface area contributed by atoms with Crippen molar-refractivity contribution in [2.45, 2.75) is 29.8 Å². The van der Waals surface area contributed by atoms with Gasteiger partial charge in [-0.25, -0.2) is 18.3 Å². The van der Waals surface area contributed by atoms with Gasteiger partial charge in [-0.15, -0.1) is 11.8 Å². The van der Waals surface area contributed by atoms with Gasteiger partial charge in [-0.2, -0.15) is 0 Å². The van der Waals surface area contributed by atoms with Crippen molar-refractivity contribution in [2.75, 3.05) is 39.3 Å². The van der Waals surface area contributed by atoms with Gasteiger partial charge in [0.1, 0.15) is 18.5 Å². The van der Waals surface area contributed by atoms with Crippen LogP contribution in [0.5, 0.6) is 11.5 Å². The first kappa shape index (κ1) is 30.8. The van der Waals surface area contributed by atoms with Crippen LogP contribution >= 0.6 is 11.8 Å². The van der Waals surface area contributed by atoms with Crippen molar-refractivity contribution in [3.8, 4) is 22.8 Å². The number of carbonyl (C=O) groups is 2. The molecule has 0 unspecified atom stereocenters. The average Bonchev–Trinajstić information content (AvgIpc) is 3.27. The van der Waals surface area contributed by atoms with E-state index in [0.717, 1.165) is 16.5 Å². The monoisotopic (exact) mass is 660 g/mol. The molecule has 0 radical (unpaired) electrons. The number of amides is 2. The van der Waals surface area contributed by atoms with Crippen LogP contribution in [0.1, 0.15) is 32.7 Å². The molecule has 3 aliphatic heterocycles. The van der Waals surface area contributed by atoms with E-state index in [0.29, 0.717) is 35.5 Å². The smallest absolute Gasteiger partial charge is 0.414 e. The molecule has 0 bridgehead atoms. The fourth-order valence-corrected chi connectivity index (χ4v) is 7.03. The van der Waals surface area contributed by atoms with Crippen LogP contribution in [0, 0.1) is 11.6 Å². The molecule has 3 aromatic carbocycles. The molecule has 0 aliphatic carbocycles. The Morgan fingerprint density at radius 2 is 1.87 bits per heavy atom. The molecule has 2 amide bonds. The summed E-state index contributed by atoms with van der Waals surface area (Å²) in [6.07, 6.45) is -0.781. The van der Waals surface area contributed by atoms with Crippen LogP contribution in [0.25, 0.3) is 11.3 Å². The maximum atomic E-state index is 15.3. The summed E-state index contributed by atoms with van der Waals surface area (Å²) in [6, 6.07) is 16.6. The van der Waals surface area contributed by atoms with Crippen molar-refractivity contribution < 1.29 is 32.6 Å². The highest BCUT2D eigenvalue weighted by Crippen LogP contribution is 2.41. The lowest BCUT2D eigenvalue weighted by Crippen LogP contribution is -2.59. The molecule has 10 nitrogen and oxygen atoms in total. The zero-order valence-electron chi connectivity index (χ0n) is 25.5. The van der Waals surface area contributed by atoms with Crippen LogP contribution < -0.4 is 20.3 Å². The summed E-state index contributed by atoms with van der Waals surface area (Å²) in [5, 5.41) is 0. The number of pyridine rings is 1. The Balaban J connectivity index is 1.32. The number of thioether (sulfide) groups is 1. The standard InChI is InChI=1S/C34H30F2N4O6S/c1-38(2)34(43)46-21-9-7-19(8-10-21)16-45-32-27(41)15-26(40-31(32)33(42)39-11-12-44-17-29(39)37-40)23-14-25(35)30(36)24-18-47-28-6-4-3-5-20(28)13-22(23)24/h3-10,14-15,29,37H,11-13,16-18H2,1-2H3/t29-/m0/s1. The Bertz CT molecular complexity index is 1970. The van der Waals surface area contributed by atoms with E-state index in [9.17, 15) is 14.4 Å². The molecule has 0 saturated carbocycles. The minimum atomic E-state index is -1.04. The molecule has 4 aromatic rings. The highest BCUT2D eigenvalue weighted by molar-refractivity contribution is 7.98. The quantitative estimate of drug-likeness (QED) is 0.320. The van der Waals surface area contributed by atoms with Gasteiger partial charge in [0.15, 0.2) is 23.1 Å². The number of fused-ring (bicyclic) bond motifs is 4. The highest BCUT2D eigenvalue weighted by Gasteiger charge is 2.39. The summed E-state index contributed by atoms with van der Waals surface area (Å²) in [4.78, 5) is 43.6. The summed E-state index contributed by atoms with van der Waals surface area (Å²) in [6.45, 7) is 0.730. The van der Waals surface area contributed by atoms with E-state index in [2.05, 4.69) is 5.43 Å². The van der Waals surface area contributed by atoms with Gasteiger partial charge in [-0.3, -0.25) is 9.59 Å². The second-order valence-electron chi connectivity index (χ2n) is 11.6. The third-order valence-corrected chi connectivity index (χ3v) is 9.48. The number of carbonyl (C=O) groups excluding carboxylic acids is 2. The minimum absolute atomic E-state index is 0.0518. The molecule has 242 valence electrons. The summed E-state index contributed by atoms with van der Waals surface area (Å²) >= 11 is 1.42. The SMILES string of the molecule is CN(C)C(=O)Oc1ccc(COc2c3n(c(-c4cc(F)c(F)c5c4Cc4ccccc4SC5)cc2=O)N[C@@H]2COCCN2C3=O)cc1. The molecule has 1 saturated heterocycles. The van der Waals surface area contributed by atoms with Gasteiger partial charge in [0.25, 0.3) is 5.91 Å². The zero-order valence-corrected chi connectivity index (χ0v) is 26.4. The number of morpholine rings is 1. The number of rotatable bonds is 5. The van der Waals surface area contributed by atoms with Crippen LogP contribution in [-0.4, -0.2) is 66.5 Å². The fourth-order valence-electron chi connectivity index (χ4n) is 5.93. The van der Waals surface area contributed by atoms with E-state index in [1.54, 1.807) is 43.3 Å². The molecule has 1 fully saturated rings. The van der Waals surface area contributed by atoms with E-state index >= 15 is 8.78 Å². The van der Waals surface area contributed by atoms with Gasteiger partial charge >= 0.3 is 6.09 Å². The first-order chi connectivity index (χ1) is 22.7. The van der Waals surface area contributed by atoms with Crippen molar-refractivity contribution in [3.63, 3.8) is 0 Å². The van der Waals surface area contributed by atoms with E-state index in [1.807, 2.05) is 24.3 Å². The Morgan fingerprint density at radius 3 is 2.66 bits per heavy atom. The molecule has 0 spiro atoms. The number of halogens is 2. The van der Waals surface area contributed by atoms with Crippen molar-refractivity contribution >= 4 is 23.8 Å². The second-order valence-corrected chi connectivity index (χ2v) is 12.6. The van der Waals surface area contributed by atoms with Gasteiger partial charge in [-0.1, -0.05) is 30.3 Å². The summed E-state index contributed by atoms with van der Waals surface area (Å²) in [5.41, 5.74) is 5.50. The van der Waals surface area contributed by atoms with Gasteiger partial charge in [0.2, 0.25) is 5.43 Å². The first-order valence-electron chi connectivity index (χ1n) is 15.0. The third kappa shape index (κ3) is 5.69. The molecule has 4 heterocycles. The van der Waals surface area contributed by atoms with Gasteiger partial charge in [0, 0.05) is 48.5 Å². The summed E-state index contributed by atoms with van der Waals surface area (Å²) in [5.74, 6) is -2.08. The van der Waals surface area contributed by atoms with E-state index in [-0.39, 0.29) is 48.2 Å². The molecule has 1 N–H and O–H groups in total. The topological polar surface area (TPSA) is 102 Å². The van der Waals surface area contributed by atoms with E-state index in [4.69, 9.17) is 14.2 Å². The van der Waals surface area contributed by atoms with Crippen LogP contribution in [0.2, 0.25) is 0 Å². The maximum Gasteiger partial charge on any atom is 0.414 e. The van der Waals surface area contributed by atoms with Crippen molar-refractivity contribution in [3.05, 3.63) is 110 Å². The number of hydrogen-bond donors (Lipinski definition) is 1. The first-order valence-corrected chi connectivity index (χ1v) is 15.9. The lowest BCUT2D eigenvalue weighted by atomic mass is 9.92. The molecule has 1 aromatic heterocycles. The molecular weight excluding hydrogens is 630 g/mol. The Hall–Kier alpha value is -4.88. The van der Waals surface area contributed by atoms with Crippen LogP contribution in [0.3, 0.4) is 0 Å². The highest BCUT2D eigenvalue weighted by atomic mass is 32.2. The van der Waals surface area contributed by atoms with E-state index < -0.39 is 35.2 Å². The Morgan fingerprint density at radius 1 is 1.09 bits per heavy atom. The van der Waals surface area contributed by atoms with Crippen LogP contribution in [-0.2, 0) is 23.5 Å². The zero-order chi connectivity index (χ0) is 32.8. The van der Waals surface area contributed by atoms with Crippen LogP contribution in [0.15, 0.2) is 70.4 Å². The molecule has 1 atom stereocenters. The number of nitrogens with one attached hydrogen (secondary N) is 1. The number of benzene rings is 3. The lowest BCUT2D eigenvalue weighted by Gasteiger charge is -2.42.